The lowest BCUT2D eigenvalue weighted by Crippen LogP contribution is -2.00. The Hall–Kier alpha value is -2.79. The minimum atomic E-state index is -0.0733. The number of anilines is 1. The van der Waals surface area contributed by atoms with E-state index in [1.54, 1.807) is 30.3 Å². The number of hydrogen-bond acceptors (Lipinski definition) is 5. The van der Waals surface area contributed by atoms with Gasteiger partial charge in [0.2, 0.25) is 0 Å². The number of benzene rings is 1. The molecule has 96 valence electrons. The number of Topliss-reactive ketones (excluding diaryl/α,β-unsaturated/α-hetero) is 1. The molecule has 5 heteroatoms. The fourth-order valence-corrected chi connectivity index (χ4v) is 1.38. The monoisotopic (exact) mass is 255 g/mol. The molecule has 0 aromatic heterocycles. The Balaban J connectivity index is 3.12. The molecule has 0 radical (unpaired) electrons. The zero-order valence-corrected chi connectivity index (χ0v) is 10.7. The maximum absolute atomic E-state index is 11.3. The molecule has 1 aromatic carbocycles. The zero-order chi connectivity index (χ0) is 14.3. The predicted molar refractivity (Wildman–Crippen MR) is 70.5 cm³/mol. The van der Waals surface area contributed by atoms with E-state index in [4.69, 9.17) is 15.3 Å². The van der Waals surface area contributed by atoms with Crippen molar-refractivity contribution in [3.8, 4) is 17.9 Å². The van der Waals surface area contributed by atoms with E-state index in [2.05, 4.69) is 5.32 Å². The third-order valence-corrected chi connectivity index (χ3v) is 2.30. The molecule has 0 heterocycles. The van der Waals surface area contributed by atoms with Gasteiger partial charge in [-0.05, 0) is 32.0 Å². The molecule has 0 amide bonds. The summed E-state index contributed by atoms with van der Waals surface area (Å²) < 4.78 is 5.40. The molecular weight excluding hydrogens is 242 g/mol. The summed E-state index contributed by atoms with van der Waals surface area (Å²) >= 11 is 0. The normalized spacial score (nSPS) is 8.84. The molecule has 1 aromatic rings. The Morgan fingerprint density at radius 2 is 2.11 bits per heavy atom. The van der Waals surface area contributed by atoms with Crippen molar-refractivity contribution in [1.82, 2.24) is 0 Å². The second-order valence-corrected chi connectivity index (χ2v) is 3.63. The van der Waals surface area contributed by atoms with E-state index in [-0.39, 0.29) is 11.4 Å². The number of nitriles is 2. The van der Waals surface area contributed by atoms with E-state index in [1.165, 1.54) is 13.1 Å². The van der Waals surface area contributed by atoms with Crippen LogP contribution < -0.4 is 10.1 Å². The maximum atomic E-state index is 11.3. The van der Waals surface area contributed by atoms with Gasteiger partial charge in [-0.1, -0.05) is 0 Å². The topological polar surface area (TPSA) is 85.9 Å². The first kappa shape index (κ1) is 14.3. The summed E-state index contributed by atoms with van der Waals surface area (Å²) in [5, 5.41) is 20.1. The third kappa shape index (κ3) is 3.86. The number of rotatable bonds is 5. The van der Waals surface area contributed by atoms with Crippen LogP contribution in [0.5, 0.6) is 5.75 Å². The standard InChI is InChI=1S/C14H13N3O2/c1-3-19-14-5-4-12(10(2)18)6-13(14)17-9-11(7-15)8-16/h4-6,9,17H,3H2,1-2H3. The fourth-order valence-electron chi connectivity index (χ4n) is 1.38. The molecule has 0 aliphatic rings. The SMILES string of the molecule is CCOc1ccc(C(C)=O)cc1NC=C(C#N)C#N. The third-order valence-electron chi connectivity index (χ3n) is 2.30. The molecule has 1 N–H and O–H groups in total. The number of hydrogen-bond donors (Lipinski definition) is 1. The van der Waals surface area contributed by atoms with Gasteiger partial charge >= 0.3 is 0 Å². The van der Waals surface area contributed by atoms with Crippen LogP contribution in [0.25, 0.3) is 0 Å². The van der Waals surface area contributed by atoms with Crippen molar-refractivity contribution in [2.45, 2.75) is 13.8 Å². The van der Waals surface area contributed by atoms with Crippen LogP contribution in [0.15, 0.2) is 30.0 Å². The predicted octanol–water partition coefficient (Wildman–Crippen LogP) is 2.63. The highest BCUT2D eigenvalue weighted by molar-refractivity contribution is 5.95. The lowest BCUT2D eigenvalue weighted by Gasteiger charge is -2.11. The van der Waals surface area contributed by atoms with Crippen LogP contribution in [0.2, 0.25) is 0 Å². The van der Waals surface area contributed by atoms with Crippen LogP contribution in [-0.2, 0) is 0 Å². The Kier molecular flexibility index (Phi) is 5.13. The molecule has 0 spiro atoms. The van der Waals surface area contributed by atoms with Crippen LogP contribution in [0, 0.1) is 22.7 Å². The molecule has 0 atom stereocenters. The quantitative estimate of drug-likeness (QED) is 0.645. The van der Waals surface area contributed by atoms with E-state index in [0.717, 1.165) is 0 Å². The Labute approximate surface area is 111 Å². The summed E-state index contributed by atoms with van der Waals surface area (Å²) in [6.07, 6.45) is 1.28. The lowest BCUT2D eigenvalue weighted by atomic mass is 10.1. The highest BCUT2D eigenvalue weighted by Gasteiger charge is 2.07. The van der Waals surface area contributed by atoms with Gasteiger partial charge in [0.1, 0.15) is 23.5 Å². The molecule has 0 bridgehead atoms. The minimum Gasteiger partial charge on any atom is -0.492 e. The van der Waals surface area contributed by atoms with Crippen molar-refractivity contribution < 1.29 is 9.53 Å². The molecule has 1 rings (SSSR count). The summed E-state index contributed by atoms with van der Waals surface area (Å²) in [6, 6.07) is 8.44. The number of ketones is 1. The van der Waals surface area contributed by atoms with Crippen LogP contribution in [0.4, 0.5) is 5.69 Å². The number of ether oxygens (including phenoxy) is 1. The van der Waals surface area contributed by atoms with Crippen LogP contribution in [0.3, 0.4) is 0 Å². The Morgan fingerprint density at radius 1 is 1.42 bits per heavy atom. The highest BCUT2D eigenvalue weighted by atomic mass is 16.5. The highest BCUT2D eigenvalue weighted by Crippen LogP contribution is 2.26. The number of carbonyl (C=O) groups excluding carboxylic acids is 1. The molecule has 0 fully saturated rings. The second kappa shape index (κ2) is 6.83. The average molecular weight is 255 g/mol. The smallest absolute Gasteiger partial charge is 0.159 e. The van der Waals surface area contributed by atoms with Crippen molar-refractivity contribution in [3.63, 3.8) is 0 Å². The van der Waals surface area contributed by atoms with Crippen molar-refractivity contribution >= 4 is 11.5 Å². The van der Waals surface area contributed by atoms with Gasteiger partial charge in [-0.3, -0.25) is 4.79 Å². The van der Waals surface area contributed by atoms with E-state index in [1.807, 2.05) is 6.92 Å². The minimum absolute atomic E-state index is 0.0596. The van der Waals surface area contributed by atoms with Gasteiger partial charge in [0.25, 0.3) is 0 Å². The van der Waals surface area contributed by atoms with Crippen molar-refractivity contribution in [2.24, 2.45) is 0 Å². The van der Waals surface area contributed by atoms with Crippen molar-refractivity contribution in [1.29, 1.82) is 10.5 Å². The van der Waals surface area contributed by atoms with Gasteiger partial charge in [0.05, 0.1) is 12.3 Å². The first-order valence-corrected chi connectivity index (χ1v) is 5.67. The number of carbonyl (C=O) groups is 1. The fraction of sp³-hybridized carbons (Fsp3) is 0.214. The maximum Gasteiger partial charge on any atom is 0.159 e. The summed E-state index contributed by atoms with van der Waals surface area (Å²) in [5.74, 6) is 0.481. The van der Waals surface area contributed by atoms with Crippen molar-refractivity contribution in [2.75, 3.05) is 11.9 Å². The Bertz CT molecular complexity index is 576. The number of nitrogens with one attached hydrogen (secondary N) is 1. The zero-order valence-electron chi connectivity index (χ0n) is 10.7. The molecule has 0 saturated carbocycles. The van der Waals surface area contributed by atoms with Gasteiger partial charge in [-0.25, -0.2) is 0 Å². The summed E-state index contributed by atoms with van der Waals surface area (Å²) in [5.41, 5.74) is 1.00. The average Bonchev–Trinajstić information content (AvgIpc) is 2.41. The van der Waals surface area contributed by atoms with Gasteiger partial charge in [0.15, 0.2) is 5.78 Å². The molecule has 5 nitrogen and oxygen atoms in total. The molecule has 0 aliphatic carbocycles. The van der Waals surface area contributed by atoms with Gasteiger partial charge < -0.3 is 10.1 Å². The summed E-state index contributed by atoms with van der Waals surface area (Å²) in [7, 11) is 0. The van der Waals surface area contributed by atoms with E-state index >= 15 is 0 Å². The molecule has 0 aliphatic heterocycles. The molecular formula is C14H13N3O2. The van der Waals surface area contributed by atoms with E-state index in [0.29, 0.717) is 23.6 Å². The van der Waals surface area contributed by atoms with Gasteiger partial charge in [0, 0.05) is 11.8 Å². The van der Waals surface area contributed by atoms with Gasteiger partial charge in [-0.2, -0.15) is 10.5 Å². The second-order valence-electron chi connectivity index (χ2n) is 3.63. The van der Waals surface area contributed by atoms with Crippen LogP contribution >= 0.6 is 0 Å². The van der Waals surface area contributed by atoms with E-state index in [9.17, 15) is 4.79 Å². The largest absolute Gasteiger partial charge is 0.492 e. The molecule has 0 unspecified atom stereocenters. The van der Waals surface area contributed by atoms with E-state index < -0.39 is 0 Å². The van der Waals surface area contributed by atoms with Gasteiger partial charge in [-0.15, -0.1) is 0 Å². The molecule has 0 saturated heterocycles. The van der Waals surface area contributed by atoms with Crippen LogP contribution in [-0.4, -0.2) is 12.4 Å². The first-order valence-electron chi connectivity index (χ1n) is 5.67. The molecule has 19 heavy (non-hydrogen) atoms. The van der Waals surface area contributed by atoms with Crippen molar-refractivity contribution in [3.05, 3.63) is 35.5 Å². The lowest BCUT2D eigenvalue weighted by molar-refractivity contribution is 0.101. The summed E-state index contributed by atoms with van der Waals surface area (Å²) in [4.78, 5) is 11.3. The van der Waals surface area contributed by atoms with Crippen LogP contribution in [0.1, 0.15) is 24.2 Å². The first-order chi connectivity index (χ1) is 9.12. The summed E-state index contributed by atoms with van der Waals surface area (Å²) in [6.45, 7) is 3.78. The number of allylic oxidation sites excluding steroid dienone is 1. The number of nitrogens with zero attached hydrogens (tertiary/aromatic N) is 2. The Morgan fingerprint density at radius 3 is 2.63 bits per heavy atom.